The topological polar surface area (TPSA) is 110 Å². The summed E-state index contributed by atoms with van der Waals surface area (Å²) in [5.41, 5.74) is 1.91. The van der Waals surface area contributed by atoms with Crippen LogP contribution in [-0.4, -0.2) is 38.0 Å². The van der Waals surface area contributed by atoms with Crippen LogP contribution in [0.25, 0.3) is 22.2 Å². The Kier molecular flexibility index (Phi) is 5.10. The zero-order valence-electron chi connectivity index (χ0n) is 15.4. The molecule has 1 aromatic carbocycles. The number of fused-ring (bicyclic) bond motifs is 1. The van der Waals surface area contributed by atoms with Crippen LogP contribution in [0.15, 0.2) is 35.0 Å². The Labute approximate surface area is 161 Å². The first-order chi connectivity index (χ1) is 13.6. The average molecular weight is 382 g/mol. The van der Waals surface area contributed by atoms with E-state index in [1.165, 1.54) is 6.42 Å². The van der Waals surface area contributed by atoms with Crippen molar-refractivity contribution in [2.45, 2.75) is 51.1 Å². The number of amides is 1. The maximum atomic E-state index is 12.4. The highest BCUT2D eigenvalue weighted by atomic mass is 16.5. The van der Waals surface area contributed by atoms with Gasteiger partial charge >= 0.3 is 5.97 Å². The Morgan fingerprint density at radius 1 is 1.21 bits per heavy atom. The lowest BCUT2D eigenvalue weighted by molar-refractivity contribution is -0.137. The minimum Gasteiger partial charge on any atom is -0.481 e. The van der Waals surface area contributed by atoms with Gasteiger partial charge in [0, 0.05) is 23.1 Å². The predicted octanol–water partition coefficient (Wildman–Crippen LogP) is 3.23. The maximum absolute atomic E-state index is 12.4. The SMILES string of the molecule is O=C(O)CCn1ncc2cc(-c3cc(C(=O)NC4CCCCC4)no3)ccc21. The highest BCUT2D eigenvalue weighted by molar-refractivity contribution is 5.93. The Morgan fingerprint density at radius 3 is 2.82 bits per heavy atom. The third-order valence-corrected chi connectivity index (χ3v) is 5.15. The van der Waals surface area contributed by atoms with Gasteiger partial charge in [-0.3, -0.25) is 14.3 Å². The van der Waals surface area contributed by atoms with Gasteiger partial charge in [0.05, 0.1) is 24.7 Å². The number of carboxylic acids is 1. The molecule has 0 saturated heterocycles. The number of carbonyl (C=O) groups is 2. The van der Waals surface area contributed by atoms with Gasteiger partial charge in [-0.05, 0) is 31.0 Å². The summed E-state index contributed by atoms with van der Waals surface area (Å²) in [4.78, 5) is 23.2. The van der Waals surface area contributed by atoms with Gasteiger partial charge in [-0.1, -0.05) is 24.4 Å². The second-order valence-corrected chi connectivity index (χ2v) is 7.17. The molecule has 8 nitrogen and oxygen atoms in total. The molecular weight excluding hydrogens is 360 g/mol. The van der Waals surface area contributed by atoms with E-state index < -0.39 is 5.97 Å². The number of hydrogen-bond acceptors (Lipinski definition) is 5. The van der Waals surface area contributed by atoms with E-state index in [4.69, 9.17) is 9.63 Å². The van der Waals surface area contributed by atoms with Crippen LogP contribution in [0.2, 0.25) is 0 Å². The number of hydrogen-bond donors (Lipinski definition) is 2. The standard InChI is InChI=1S/C20H22N4O4/c25-19(26)8-9-24-17-7-6-13(10-14(17)12-21-24)18-11-16(23-28-18)20(27)22-15-4-2-1-3-5-15/h6-7,10-12,15H,1-5,8-9H2,(H,22,27)(H,25,26). The Morgan fingerprint density at radius 2 is 2.04 bits per heavy atom. The van der Waals surface area contributed by atoms with Gasteiger partial charge in [-0.25, -0.2) is 0 Å². The van der Waals surface area contributed by atoms with E-state index >= 15 is 0 Å². The van der Waals surface area contributed by atoms with Crippen molar-refractivity contribution in [3.05, 3.63) is 36.2 Å². The monoisotopic (exact) mass is 382 g/mol. The average Bonchev–Trinajstić information content (AvgIpc) is 3.34. The Balaban J connectivity index is 1.49. The fourth-order valence-corrected chi connectivity index (χ4v) is 3.64. The summed E-state index contributed by atoms with van der Waals surface area (Å²) >= 11 is 0. The Hall–Kier alpha value is -3.16. The summed E-state index contributed by atoms with van der Waals surface area (Å²) in [6, 6.07) is 7.47. The van der Waals surface area contributed by atoms with Gasteiger partial charge in [0.25, 0.3) is 5.91 Å². The zero-order valence-corrected chi connectivity index (χ0v) is 15.4. The zero-order chi connectivity index (χ0) is 19.5. The third-order valence-electron chi connectivity index (χ3n) is 5.15. The highest BCUT2D eigenvalue weighted by Crippen LogP contribution is 2.25. The van der Waals surface area contributed by atoms with Crippen LogP contribution in [0.4, 0.5) is 0 Å². The van der Waals surface area contributed by atoms with Gasteiger partial charge in [0.15, 0.2) is 11.5 Å². The number of aryl methyl sites for hydroxylation is 1. The number of benzene rings is 1. The highest BCUT2D eigenvalue weighted by Gasteiger charge is 2.20. The predicted molar refractivity (Wildman–Crippen MR) is 102 cm³/mol. The number of nitrogens with one attached hydrogen (secondary N) is 1. The molecule has 4 rings (SSSR count). The van der Waals surface area contributed by atoms with Gasteiger partial charge in [0.2, 0.25) is 0 Å². The summed E-state index contributed by atoms with van der Waals surface area (Å²) in [7, 11) is 0. The molecule has 0 bridgehead atoms. The number of rotatable bonds is 6. The summed E-state index contributed by atoms with van der Waals surface area (Å²) < 4.78 is 7.04. The van der Waals surface area contributed by atoms with Crippen molar-refractivity contribution in [1.29, 1.82) is 0 Å². The molecule has 0 spiro atoms. The van der Waals surface area contributed by atoms with E-state index in [0.29, 0.717) is 12.3 Å². The number of nitrogens with zero attached hydrogens (tertiary/aromatic N) is 3. The van der Waals surface area contributed by atoms with Crippen molar-refractivity contribution in [3.63, 3.8) is 0 Å². The van der Waals surface area contributed by atoms with Crippen LogP contribution < -0.4 is 5.32 Å². The minimum atomic E-state index is -0.860. The molecule has 0 aliphatic heterocycles. The summed E-state index contributed by atoms with van der Waals surface area (Å²) in [6.07, 6.45) is 7.26. The van der Waals surface area contributed by atoms with Crippen LogP contribution in [0, 0.1) is 0 Å². The lowest BCUT2D eigenvalue weighted by Gasteiger charge is -2.22. The van der Waals surface area contributed by atoms with Gasteiger partial charge in [0.1, 0.15) is 0 Å². The van der Waals surface area contributed by atoms with Crippen molar-refractivity contribution in [2.24, 2.45) is 0 Å². The van der Waals surface area contributed by atoms with Gasteiger partial charge in [-0.2, -0.15) is 5.10 Å². The summed E-state index contributed by atoms with van der Waals surface area (Å²) in [5.74, 6) is -0.556. The van der Waals surface area contributed by atoms with E-state index in [0.717, 1.165) is 42.1 Å². The van der Waals surface area contributed by atoms with E-state index in [2.05, 4.69) is 15.6 Å². The fraction of sp³-hybridized carbons (Fsp3) is 0.400. The van der Waals surface area contributed by atoms with Crippen LogP contribution >= 0.6 is 0 Å². The molecule has 1 amide bonds. The van der Waals surface area contributed by atoms with Crippen LogP contribution in [0.1, 0.15) is 49.0 Å². The van der Waals surface area contributed by atoms with Crippen molar-refractivity contribution in [3.8, 4) is 11.3 Å². The molecule has 1 aliphatic rings. The van der Waals surface area contributed by atoms with Crippen molar-refractivity contribution in [1.82, 2.24) is 20.3 Å². The molecule has 1 fully saturated rings. The molecule has 0 atom stereocenters. The molecule has 0 radical (unpaired) electrons. The first-order valence-electron chi connectivity index (χ1n) is 9.55. The molecular formula is C20H22N4O4. The summed E-state index contributed by atoms with van der Waals surface area (Å²) in [5, 5.41) is 20.9. The van der Waals surface area contributed by atoms with Crippen LogP contribution in [0.5, 0.6) is 0 Å². The van der Waals surface area contributed by atoms with Gasteiger partial charge in [-0.15, -0.1) is 0 Å². The number of carboxylic acid groups (broad SMARTS) is 1. The van der Waals surface area contributed by atoms with E-state index in [-0.39, 0.29) is 24.1 Å². The number of carbonyl (C=O) groups excluding carboxylic acids is 1. The number of aromatic nitrogens is 3. The van der Waals surface area contributed by atoms with Crippen LogP contribution in [-0.2, 0) is 11.3 Å². The van der Waals surface area contributed by atoms with E-state index in [1.54, 1.807) is 16.9 Å². The fourth-order valence-electron chi connectivity index (χ4n) is 3.64. The van der Waals surface area contributed by atoms with Gasteiger partial charge < -0.3 is 14.9 Å². The molecule has 2 aromatic heterocycles. The molecule has 3 aromatic rings. The molecule has 8 heteroatoms. The Bertz CT molecular complexity index is 1000. The van der Waals surface area contributed by atoms with Crippen molar-refractivity contribution in [2.75, 3.05) is 0 Å². The second kappa shape index (κ2) is 7.84. The van der Waals surface area contributed by atoms with Crippen molar-refractivity contribution >= 4 is 22.8 Å². The molecule has 2 N–H and O–H groups in total. The minimum absolute atomic E-state index is 0.0140. The molecule has 0 unspecified atom stereocenters. The molecule has 146 valence electrons. The lowest BCUT2D eigenvalue weighted by atomic mass is 9.95. The molecule has 1 saturated carbocycles. The molecule has 1 aliphatic carbocycles. The second-order valence-electron chi connectivity index (χ2n) is 7.17. The molecule has 28 heavy (non-hydrogen) atoms. The van der Waals surface area contributed by atoms with E-state index in [1.807, 2.05) is 18.2 Å². The quantitative estimate of drug-likeness (QED) is 0.677. The smallest absolute Gasteiger partial charge is 0.305 e. The van der Waals surface area contributed by atoms with E-state index in [9.17, 15) is 9.59 Å². The largest absolute Gasteiger partial charge is 0.481 e. The molecule has 2 heterocycles. The lowest BCUT2D eigenvalue weighted by Crippen LogP contribution is -2.36. The van der Waals surface area contributed by atoms with Crippen LogP contribution in [0.3, 0.4) is 0 Å². The van der Waals surface area contributed by atoms with Crippen molar-refractivity contribution < 1.29 is 19.2 Å². The number of aliphatic carboxylic acids is 1. The first kappa shape index (κ1) is 18.2. The normalized spacial score (nSPS) is 15.0. The summed E-state index contributed by atoms with van der Waals surface area (Å²) in [6.45, 7) is 0.311. The third kappa shape index (κ3) is 3.90. The maximum Gasteiger partial charge on any atom is 0.305 e. The first-order valence-corrected chi connectivity index (χ1v) is 9.55.